The minimum Gasteiger partial charge on any atom is -0.394 e. The minimum atomic E-state index is -1.01. The Morgan fingerprint density at radius 1 is 1.29 bits per heavy atom. The number of benzene rings is 1. The molecule has 0 amide bonds. The number of rotatable bonds is 2. The third-order valence-corrected chi connectivity index (χ3v) is 2.17. The van der Waals surface area contributed by atoms with Gasteiger partial charge in [0.1, 0.15) is 11.6 Å². The molecule has 3 N–H and O–H groups in total. The monoisotopic (exact) mass is 201 g/mol. The maximum atomic E-state index is 13.4. The third kappa shape index (κ3) is 1.76. The molecule has 0 radical (unpaired) electrons. The predicted octanol–water partition coefficient (Wildman–Crippen LogP) is 1.57. The number of halogens is 2. The Labute approximate surface area is 81.4 Å². The van der Waals surface area contributed by atoms with E-state index < -0.39 is 24.3 Å². The third-order valence-electron chi connectivity index (χ3n) is 2.17. The van der Waals surface area contributed by atoms with Crippen molar-refractivity contribution in [3.8, 4) is 0 Å². The Morgan fingerprint density at radius 2 is 1.71 bits per heavy atom. The quantitative estimate of drug-likeness (QED) is 0.763. The molecule has 0 heterocycles. The Bertz CT molecular complexity index is 326. The summed E-state index contributed by atoms with van der Waals surface area (Å²) in [5.74, 6) is -1.34. The van der Waals surface area contributed by atoms with Crippen molar-refractivity contribution in [1.29, 1.82) is 0 Å². The lowest BCUT2D eigenvalue weighted by molar-refractivity contribution is 0.262. The van der Waals surface area contributed by atoms with Gasteiger partial charge < -0.3 is 10.8 Å². The van der Waals surface area contributed by atoms with Crippen LogP contribution >= 0.6 is 0 Å². The zero-order chi connectivity index (χ0) is 10.9. The molecule has 1 unspecified atom stereocenters. The summed E-state index contributed by atoms with van der Waals surface area (Å²) in [4.78, 5) is 0. The first-order valence-corrected chi connectivity index (χ1v) is 4.30. The summed E-state index contributed by atoms with van der Waals surface area (Å²) < 4.78 is 26.9. The van der Waals surface area contributed by atoms with Crippen LogP contribution in [0.2, 0.25) is 0 Å². The van der Waals surface area contributed by atoms with Gasteiger partial charge in [0.25, 0.3) is 0 Å². The lowest BCUT2D eigenvalue weighted by atomic mass is 10.0. The van der Waals surface area contributed by atoms with E-state index in [0.717, 1.165) is 0 Å². The van der Waals surface area contributed by atoms with Gasteiger partial charge in [0, 0.05) is 5.56 Å². The first-order valence-electron chi connectivity index (χ1n) is 4.30. The molecule has 1 aromatic rings. The molecule has 0 aromatic heterocycles. The van der Waals surface area contributed by atoms with E-state index in [2.05, 4.69) is 0 Å². The molecule has 0 fully saturated rings. The van der Waals surface area contributed by atoms with Crippen LogP contribution in [-0.2, 0) is 0 Å². The second kappa shape index (κ2) is 4.02. The summed E-state index contributed by atoms with van der Waals surface area (Å²) in [7, 11) is 0. The minimum absolute atomic E-state index is 0.231. The highest BCUT2D eigenvalue weighted by molar-refractivity contribution is 5.34. The van der Waals surface area contributed by atoms with Gasteiger partial charge in [0.05, 0.1) is 12.6 Å². The highest BCUT2D eigenvalue weighted by Crippen LogP contribution is 2.24. The lowest BCUT2D eigenvalue weighted by Gasteiger charge is -2.14. The summed E-state index contributed by atoms with van der Waals surface area (Å²) in [6.07, 6.45) is 0. The number of hydrogen-bond donors (Lipinski definition) is 2. The fraction of sp³-hybridized carbons (Fsp3) is 0.400. The number of aliphatic hydroxyl groups excluding tert-OH is 1. The van der Waals surface area contributed by atoms with E-state index in [1.807, 2.05) is 0 Å². The maximum absolute atomic E-state index is 13.4. The van der Waals surface area contributed by atoms with Crippen molar-refractivity contribution in [1.82, 2.24) is 0 Å². The van der Waals surface area contributed by atoms with Crippen LogP contribution < -0.4 is 5.73 Å². The van der Waals surface area contributed by atoms with Crippen molar-refractivity contribution >= 4 is 0 Å². The van der Waals surface area contributed by atoms with Crippen LogP contribution in [-0.4, -0.2) is 11.7 Å². The molecule has 14 heavy (non-hydrogen) atoms. The van der Waals surface area contributed by atoms with Gasteiger partial charge in [-0.3, -0.25) is 0 Å². The Morgan fingerprint density at radius 3 is 2.07 bits per heavy atom. The summed E-state index contributed by atoms with van der Waals surface area (Å²) in [6.45, 7) is 2.60. The van der Waals surface area contributed by atoms with E-state index in [1.54, 1.807) is 0 Å². The second-order valence-electron chi connectivity index (χ2n) is 3.34. The second-order valence-corrected chi connectivity index (χ2v) is 3.34. The Balaban J connectivity index is 3.39. The average molecular weight is 201 g/mol. The van der Waals surface area contributed by atoms with Gasteiger partial charge in [-0.1, -0.05) is 6.07 Å². The predicted molar refractivity (Wildman–Crippen MR) is 49.8 cm³/mol. The van der Waals surface area contributed by atoms with E-state index >= 15 is 0 Å². The van der Waals surface area contributed by atoms with Gasteiger partial charge in [-0.05, 0) is 25.0 Å². The maximum Gasteiger partial charge on any atom is 0.133 e. The molecule has 1 atom stereocenters. The van der Waals surface area contributed by atoms with Crippen LogP contribution in [0, 0.1) is 25.5 Å². The molecule has 78 valence electrons. The van der Waals surface area contributed by atoms with Gasteiger partial charge in [0.15, 0.2) is 0 Å². The Kier molecular flexibility index (Phi) is 3.18. The molecule has 0 saturated carbocycles. The summed E-state index contributed by atoms with van der Waals surface area (Å²) >= 11 is 0. The molecule has 2 nitrogen and oxygen atoms in total. The summed E-state index contributed by atoms with van der Waals surface area (Å²) in [5.41, 5.74) is 5.84. The average Bonchev–Trinajstić information content (AvgIpc) is 2.15. The first kappa shape index (κ1) is 11.1. The van der Waals surface area contributed by atoms with Crippen LogP contribution in [0.4, 0.5) is 8.78 Å². The summed E-state index contributed by atoms with van der Waals surface area (Å²) in [6, 6.07) is 0.409. The number of hydrogen-bond acceptors (Lipinski definition) is 2. The van der Waals surface area contributed by atoms with Crippen LogP contribution in [0.5, 0.6) is 0 Å². The largest absolute Gasteiger partial charge is 0.394 e. The molecule has 1 aromatic carbocycles. The van der Waals surface area contributed by atoms with Crippen LogP contribution in [0.3, 0.4) is 0 Å². The molecule has 0 bridgehead atoms. The van der Waals surface area contributed by atoms with E-state index in [9.17, 15) is 8.78 Å². The first-order chi connectivity index (χ1) is 6.49. The van der Waals surface area contributed by atoms with Crippen molar-refractivity contribution in [2.24, 2.45) is 5.73 Å². The normalized spacial score (nSPS) is 13.0. The van der Waals surface area contributed by atoms with Gasteiger partial charge >= 0.3 is 0 Å². The molecular weight excluding hydrogens is 188 g/mol. The molecule has 0 aliphatic rings. The smallest absolute Gasteiger partial charge is 0.133 e. The van der Waals surface area contributed by atoms with E-state index in [4.69, 9.17) is 10.8 Å². The fourth-order valence-electron chi connectivity index (χ4n) is 1.39. The number of aryl methyl sites for hydroxylation is 2. The molecular formula is C10H13F2NO. The molecule has 0 spiro atoms. The van der Waals surface area contributed by atoms with Gasteiger partial charge in [-0.25, -0.2) is 8.78 Å². The van der Waals surface area contributed by atoms with Crippen LogP contribution in [0.25, 0.3) is 0 Å². The van der Waals surface area contributed by atoms with Gasteiger partial charge in [-0.15, -0.1) is 0 Å². The molecule has 0 aliphatic heterocycles. The zero-order valence-electron chi connectivity index (χ0n) is 8.14. The molecule has 0 saturated heterocycles. The molecule has 4 heteroatoms. The van der Waals surface area contributed by atoms with Crippen molar-refractivity contribution in [2.45, 2.75) is 19.9 Å². The van der Waals surface area contributed by atoms with Gasteiger partial charge in [0.2, 0.25) is 0 Å². The Hall–Kier alpha value is -1.00. The van der Waals surface area contributed by atoms with E-state index in [1.165, 1.54) is 19.9 Å². The molecule has 1 rings (SSSR count). The standard InChI is InChI=1S/C10H13F2NO/c1-5-3-6(2)10(12)8(9(5)11)7(13)4-14/h3,7,14H,4,13H2,1-2H3. The van der Waals surface area contributed by atoms with E-state index in [0.29, 0.717) is 11.1 Å². The van der Waals surface area contributed by atoms with E-state index in [-0.39, 0.29) is 5.56 Å². The molecule has 0 aliphatic carbocycles. The van der Waals surface area contributed by atoms with Crippen molar-refractivity contribution in [3.05, 3.63) is 34.4 Å². The fourth-order valence-corrected chi connectivity index (χ4v) is 1.39. The van der Waals surface area contributed by atoms with Crippen LogP contribution in [0.15, 0.2) is 6.07 Å². The lowest BCUT2D eigenvalue weighted by Crippen LogP contribution is -2.19. The van der Waals surface area contributed by atoms with Crippen LogP contribution in [0.1, 0.15) is 22.7 Å². The highest BCUT2D eigenvalue weighted by atomic mass is 19.1. The van der Waals surface area contributed by atoms with Crippen molar-refractivity contribution in [3.63, 3.8) is 0 Å². The highest BCUT2D eigenvalue weighted by Gasteiger charge is 2.19. The topological polar surface area (TPSA) is 46.2 Å². The number of nitrogens with two attached hydrogens (primary N) is 1. The zero-order valence-corrected chi connectivity index (χ0v) is 8.14. The van der Waals surface area contributed by atoms with Crippen molar-refractivity contribution < 1.29 is 13.9 Å². The van der Waals surface area contributed by atoms with Gasteiger partial charge in [-0.2, -0.15) is 0 Å². The SMILES string of the molecule is Cc1cc(C)c(F)c(C(N)CO)c1F. The van der Waals surface area contributed by atoms with Crippen molar-refractivity contribution in [2.75, 3.05) is 6.61 Å². The summed E-state index contributed by atoms with van der Waals surface area (Å²) in [5, 5.41) is 8.76. The number of aliphatic hydroxyl groups is 1.